The summed E-state index contributed by atoms with van der Waals surface area (Å²) in [5.41, 5.74) is 0.0592. The molecule has 290 valence electrons. The molecule has 1 saturated carbocycles. The topological polar surface area (TPSA) is 100 Å². The molecule has 1 heterocycles. The van der Waals surface area contributed by atoms with Gasteiger partial charge in [0, 0.05) is 18.9 Å². The van der Waals surface area contributed by atoms with Gasteiger partial charge < -0.3 is 14.7 Å². The smallest absolute Gasteiger partial charge is 0.416 e. The quantitative estimate of drug-likeness (QED) is 0.0892. The number of halogens is 8. The first-order chi connectivity index (χ1) is 25.2. The fourth-order valence-corrected chi connectivity index (χ4v) is 7.33. The Hall–Kier alpha value is -4.61. The number of nitrogens with zero attached hydrogens (tertiary/aromatic N) is 3. The molecular formula is C37H35F8N3O5S. The highest BCUT2D eigenvalue weighted by Crippen LogP contribution is 2.42. The van der Waals surface area contributed by atoms with E-state index in [0.717, 1.165) is 35.1 Å². The van der Waals surface area contributed by atoms with Crippen molar-refractivity contribution in [1.29, 1.82) is 0 Å². The summed E-state index contributed by atoms with van der Waals surface area (Å²) in [6.45, 7) is 2.27. The molecule has 1 amide bonds. The predicted molar refractivity (Wildman–Crippen MR) is 180 cm³/mol. The van der Waals surface area contributed by atoms with Crippen molar-refractivity contribution in [3.8, 4) is 5.75 Å². The Morgan fingerprint density at radius 2 is 1.52 bits per heavy atom. The van der Waals surface area contributed by atoms with Gasteiger partial charge in [0.15, 0.2) is 28.2 Å². The van der Waals surface area contributed by atoms with Crippen LogP contribution in [0.25, 0.3) is 0 Å². The van der Waals surface area contributed by atoms with Gasteiger partial charge in [0.1, 0.15) is 5.75 Å². The molecular weight excluding hydrogens is 750 g/mol. The van der Waals surface area contributed by atoms with Crippen molar-refractivity contribution in [2.45, 2.75) is 75.7 Å². The van der Waals surface area contributed by atoms with E-state index >= 15 is 8.78 Å². The number of rotatable bonds is 12. The zero-order chi connectivity index (χ0) is 39.9. The van der Waals surface area contributed by atoms with Crippen LogP contribution in [0.4, 0.5) is 40.8 Å². The maximum Gasteiger partial charge on any atom is 0.416 e. The number of aliphatic hydroxyl groups excluding tert-OH is 1. The van der Waals surface area contributed by atoms with Crippen molar-refractivity contribution in [3.63, 3.8) is 0 Å². The SMILES string of the molecule is COc1cc(CO)ccc1N(Cc1cc(C2CC2)cc(C(C)(C)C)c1)C(=O)CN(Cc1cnccc1C(F)(F)F)S(=O)(=O)c1c(F)c(F)c(F)c(F)c1F. The summed E-state index contributed by atoms with van der Waals surface area (Å²) in [7, 11) is -4.76. The minimum absolute atomic E-state index is 0.000211. The number of alkyl halides is 3. The van der Waals surface area contributed by atoms with Crippen LogP contribution in [-0.4, -0.2) is 42.4 Å². The van der Waals surface area contributed by atoms with Crippen LogP contribution in [0.3, 0.4) is 0 Å². The molecule has 1 aromatic heterocycles. The normalized spacial score (nSPS) is 13.7. The number of amides is 1. The van der Waals surface area contributed by atoms with Crippen LogP contribution in [0.2, 0.25) is 0 Å². The highest BCUT2D eigenvalue weighted by Gasteiger charge is 2.41. The van der Waals surface area contributed by atoms with E-state index in [2.05, 4.69) is 4.98 Å². The summed E-state index contributed by atoms with van der Waals surface area (Å²) in [5.74, 6) is -14.4. The average Bonchev–Trinajstić information content (AvgIpc) is 3.97. The molecule has 5 rings (SSSR count). The number of carbonyl (C=O) groups is 1. The van der Waals surface area contributed by atoms with Crippen LogP contribution >= 0.6 is 0 Å². The van der Waals surface area contributed by atoms with Gasteiger partial charge in [-0.1, -0.05) is 45.0 Å². The predicted octanol–water partition coefficient (Wildman–Crippen LogP) is 7.90. The molecule has 1 N–H and O–H groups in total. The molecule has 54 heavy (non-hydrogen) atoms. The highest BCUT2D eigenvalue weighted by molar-refractivity contribution is 7.89. The first-order valence-electron chi connectivity index (χ1n) is 16.4. The minimum Gasteiger partial charge on any atom is -0.495 e. The monoisotopic (exact) mass is 785 g/mol. The van der Waals surface area contributed by atoms with Crippen LogP contribution in [0, 0.1) is 29.1 Å². The maximum absolute atomic E-state index is 15.1. The Balaban J connectivity index is 1.69. The fraction of sp³-hybridized carbons (Fsp3) is 0.351. The summed E-state index contributed by atoms with van der Waals surface area (Å²) in [5, 5.41) is 9.73. The lowest BCUT2D eigenvalue weighted by molar-refractivity contribution is -0.138. The zero-order valence-electron chi connectivity index (χ0n) is 29.4. The lowest BCUT2D eigenvalue weighted by Gasteiger charge is -2.30. The molecule has 1 aliphatic carbocycles. The number of aromatic nitrogens is 1. The van der Waals surface area contributed by atoms with Crippen LogP contribution in [0.1, 0.15) is 72.9 Å². The molecule has 1 fully saturated rings. The fourth-order valence-electron chi connectivity index (χ4n) is 5.85. The largest absolute Gasteiger partial charge is 0.495 e. The van der Waals surface area contributed by atoms with E-state index in [1.807, 2.05) is 39.0 Å². The average molecular weight is 786 g/mol. The van der Waals surface area contributed by atoms with Gasteiger partial charge in [-0.15, -0.1) is 0 Å². The third-order valence-corrected chi connectivity index (χ3v) is 10.7. The zero-order valence-corrected chi connectivity index (χ0v) is 30.2. The number of methoxy groups -OCH3 is 1. The standard InChI is InChI=1S/C37H35F8N3O5S/c1-36(2,3)25-12-21(11-23(14-25)22-6-7-22)16-48(27-8-5-20(19-49)13-28(27)53-4)29(50)18-47(17-24-15-46-10-9-26(24)37(43,44)45)54(51,52)35-33(41)31(39)30(38)32(40)34(35)42/h5,8-15,22,49H,6-7,16-19H2,1-4H3. The summed E-state index contributed by atoms with van der Waals surface area (Å²) in [6.07, 6.45) is -1.94. The summed E-state index contributed by atoms with van der Waals surface area (Å²) in [6, 6.07) is 10.3. The summed E-state index contributed by atoms with van der Waals surface area (Å²) in [4.78, 5) is 16.7. The van der Waals surface area contributed by atoms with Gasteiger partial charge in [-0.2, -0.15) is 17.5 Å². The number of aliphatic hydroxyl groups is 1. The molecule has 0 unspecified atom stereocenters. The van der Waals surface area contributed by atoms with E-state index in [1.54, 1.807) is 0 Å². The van der Waals surface area contributed by atoms with Crippen LogP contribution in [0.5, 0.6) is 5.75 Å². The van der Waals surface area contributed by atoms with Gasteiger partial charge in [0.05, 0.1) is 38.1 Å². The molecule has 3 aromatic carbocycles. The molecule has 17 heteroatoms. The molecule has 0 atom stereocenters. The molecule has 1 aliphatic rings. The van der Waals surface area contributed by atoms with Gasteiger partial charge >= 0.3 is 6.18 Å². The Bertz CT molecular complexity index is 2160. The second kappa shape index (κ2) is 15.3. The van der Waals surface area contributed by atoms with Crippen molar-refractivity contribution in [2.24, 2.45) is 0 Å². The number of hydrogen-bond acceptors (Lipinski definition) is 6. The Labute approximate surface area is 306 Å². The van der Waals surface area contributed by atoms with Gasteiger partial charge in [-0.3, -0.25) is 9.78 Å². The highest BCUT2D eigenvalue weighted by atomic mass is 32.2. The van der Waals surface area contributed by atoms with E-state index in [9.17, 15) is 44.7 Å². The van der Waals surface area contributed by atoms with Crippen molar-refractivity contribution in [3.05, 3.63) is 117 Å². The van der Waals surface area contributed by atoms with E-state index < -0.39 is 86.9 Å². The van der Waals surface area contributed by atoms with E-state index in [0.29, 0.717) is 23.4 Å². The van der Waals surface area contributed by atoms with E-state index in [-0.39, 0.29) is 33.6 Å². The van der Waals surface area contributed by atoms with Crippen LogP contribution in [0.15, 0.2) is 59.8 Å². The van der Waals surface area contributed by atoms with Gasteiger partial charge in [0.25, 0.3) is 0 Å². The minimum atomic E-state index is -6.00. The van der Waals surface area contributed by atoms with Crippen molar-refractivity contribution in [2.75, 3.05) is 18.6 Å². The second-order valence-corrected chi connectivity index (χ2v) is 15.7. The maximum atomic E-state index is 15.1. The lowest BCUT2D eigenvalue weighted by atomic mass is 9.84. The molecule has 0 spiro atoms. The molecule has 8 nitrogen and oxygen atoms in total. The third-order valence-electron chi connectivity index (χ3n) is 8.92. The Kier molecular flexibility index (Phi) is 11.5. The molecule has 0 aliphatic heterocycles. The first-order valence-corrected chi connectivity index (χ1v) is 17.9. The van der Waals surface area contributed by atoms with Gasteiger partial charge in [0.2, 0.25) is 21.7 Å². The lowest BCUT2D eigenvalue weighted by Crippen LogP contribution is -2.43. The molecule has 4 aromatic rings. The van der Waals surface area contributed by atoms with Crippen LogP contribution < -0.4 is 9.64 Å². The number of ether oxygens (including phenoxy) is 1. The molecule has 0 bridgehead atoms. The second-order valence-electron chi connectivity index (χ2n) is 13.8. The van der Waals surface area contributed by atoms with Gasteiger partial charge in [-0.05, 0) is 70.2 Å². The number of anilines is 1. The summed E-state index contributed by atoms with van der Waals surface area (Å²) >= 11 is 0. The summed E-state index contributed by atoms with van der Waals surface area (Å²) < 4.78 is 148. The number of sulfonamides is 1. The van der Waals surface area contributed by atoms with Gasteiger partial charge in [-0.25, -0.2) is 30.4 Å². The first kappa shape index (κ1) is 40.6. The van der Waals surface area contributed by atoms with E-state index in [4.69, 9.17) is 4.74 Å². The number of hydrogen-bond donors (Lipinski definition) is 1. The number of pyridine rings is 1. The van der Waals surface area contributed by atoms with Crippen molar-refractivity contribution >= 4 is 21.6 Å². The third kappa shape index (κ3) is 8.37. The molecule has 0 radical (unpaired) electrons. The Morgan fingerprint density at radius 1 is 0.889 bits per heavy atom. The Morgan fingerprint density at radius 3 is 2.07 bits per heavy atom. The van der Waals surface area contributed by atoms with Crippen molar-refractivity contribution < 1.29 is 58.2 Å². The van der Waals surface area contributed by atoms with Crippen molar-refractivity contribution in [1.82, 2.24) is 9.29 Å². The number of carbonyl (C=O) groups excluding carboxylic acids is 1. The van der Waals surface area contributed by atoms with E-state index in [1.165, 1.54) is 25.3 Å². The number of benzene rings is 3. The van der Waals surface area contributed by atoms with Crippen LogP contribution in [-0.2, 0) is 46.1 Å². The molecule has 0 saturated heterocycles.